The molecule has 2 aliphatic heterocycles. The summed E-state index contributed by atoms with van der Waals surface area (Å²) in [5, 5.41) is 0. The zero-order chi connectivity index (χ0) is 17.8. The summed E-state index contributed by atoms with van der Waals surface area (Å²) in [5.74, 6) is 0.931. The van der Waals surface area contributed by atoms with Gasteiger partial charge in [0, 0.05) is 56.2 Å². The minimum absolute atomic E-state index is 0.515. The minimum Gasteiger partial charge on any atom is -0.371 e. The largest absolute Gasteiger partial charge is 0.371 e. The van der Waals surface area contributed by atoms with Crippen LogP contribution in [0, 0.1) is 5.41 Å². The highest BCUT2D eigenvalue weighted by Crippen LogP contribution is 2.42. The van der Waals surface area contributed by atoms with Crippen molar-refractivity contribution in [2.24, 2.45) is 5.41 Å². The first-order valence-electron chi connectivity index (χ1n) is 10.00. The predicted octanol–water partition coefficient (Wildman–Crippen LogP) is 3.71. The van der Waals surface area contributed by atoms with Crippen LogP contribution in [-0.2, 0) is 6.42 Å². The van der Waals surface area contributed by atoms with Crippen LogP contribution >= 0.6 is 0 Å². The normalized spacial score (nSPS) is 19.7. The predicted molar refractivity (Wildman–Crippen MR) is 106 cm³/mol. The molecule has 2 aromatic rings. The van der Waals surface area contributed by atoms with Gasteiger partial charge in [0.2, 0.25) is 5.95 Å². The van der Waals surface area contributed by atoms with Crippen molar-refractivity contribution in [2.75, 3.05) is 36.0 Å². The molecular formula is C21H29N5. The van der Waals surface area contributed by atoms with Gasteiger partial charge < -0.3 is 9.80 Å². The van der Waals surface area contributed by atoms with E-state index in [9.17, 15) is 0 Å². The quantitative estimate of drug-likeness (QED) is 0.840. The van der Waals surface area contributed by atoms with Gasteiger partial charge >= 0.3 is 0 Å². The summed E-state index contributed by atoms with van der Waals surface area (Å²) in [6.07, 6.45) is 13.0. The number of pyridine rings is 1. The molecule has 0 bridgehead atoms. The number of aromatic nitrogens is 3. The maximum atomic E-state index is 4.77. The molecule has 4 heterocycles. The van der Waals surface area contributed by atoms with Crippen molar-refractivity contribution in [1.29, 1.82) is 0 Å². The molecule has 0 aliphatic carbocycles. The average Bonchev–Trinajstić information content (AvgIpc) is 2.70. The molecule has 2 aromatic heterocycles. The second-order valence-corrected chi connectivity index (χ2v) is 7.78. The monoisotopic (exact) mass is 351 g/mol. The second kappa shape index (κ2) is 7.60. The molecule has 26 heavy (non-hydrogen) atoms. The Balaban J connectivity index is 1.35. The molecule has 5 heteroatoms. The first-order valence-corrected chi connectivity index (χ1v) is 10.00. The van der Waals surface area contributed by atoms with Gasteiger partial charge in [-0.25, -0.2) is 9.97 Å². The summed E-state index contributed by atoms with van der Waals surface area (Å²) in [7, 11) is 0. The molecule has 0 unspecified atom stereocenters. The second-order valence-electron chi connectivity index (χ2n) is 7.78. The van der Waals surface area contributed by atoms with E-state index in [0.717, 1.165) is 45.0 Å². The lowest BCUT2D eigenvalue weighted by atomic mass is 9.71. The maximum absolute atomic E-state index is 4.77. The van der Waals surface area contributed by atoms with Crippen LogP contribution in [0.4, 0.5) is 11.6 Å². The van der Waals surface area contributed by atoms with E-state index in [-0.39, 0.29) is 0 Å². The molecular weight excluding hydrogens is 322 g/mol. The van der Waals surface area contributed by atoms with Crippen LogP contribution in [0.15, 0.2) is 36.8 Å². The lowest BCUT2D eigenvalue weighted by Crippen LogP contribution is -2.47. The molecule has 0 radical (unpaired) electrons. The molecule has 1 spiro atoms. The van der Waals surface area contributed by atoms with Crippen molar-refractivity contribution in [3.63, 3.8) is 0 Å². The Bertz CT molecular complexity index is 699. The van der Waals surface area contributed by atoms with Crippen LogP contribution in [0.3, 0.4) is 0 Å². The number of nitrogens with zero attached hydrogens (tertiary/aromatic N) is 5. The minimum atomic E-state index is 0.515. The standard InChI is InChI=1S/C21H29N5/c1-2-3-18-4-13-23-20(24-18)26-16-9-21(10-17-26)7-14-25(15-8-21)19-5-11-22-12-6-19/h4-6,11-13H,2-3,7-10,14-17H2,1H3. The van der Waals surface area contributed by atoms with E-state index in [1.807, 2.05) is 24.7 Å². The Labute approximate surface area is 156 Å². The molecule has 5 nitrogen and oxygen atoms in total. The lowest BCUT2D eigenvalue weighted by molar-refractivity contribution is 0.166. The zero-order valence-electron chi connectivity index (χ0n) is 15.8. The number of rotatable bonds is 4. The number of aryl methyl sites for hydroxylation is 1. The van der Waals surface area contributed by atoms with E-state index in [1.54, 1.807) is 0 Å². The van der Waals surface area contributed by atoms with E-state index in [2.05, 4.69) is 38.8 Å². The molecule has 0 aromatic carbocycles. The van der Waals surface area contributed by atoms with Crippen molar-refractivity contribution < 1.29 is 0 Å². The fraction of sp³-hybridized carbons (Fsp3) is 0.571. The Morgan fingerprint density at radius 3 is 2.19 bits per heavy atom. The number of hydrogen-bond acceptors (Lipinski definition) is 5. The third-order valence-corrected chi connectivity index (χ3v) is 6.17. The van der Waals surface area contributed by atoms with Gasteiger partial charge in [0.1, 0.15) is 0 Å². The highest BCUT2D eigenvalue weighted by Gasteiger charge is 2.38. The zero-order valence-corrected chi connectivity index (χ0v) is 15.8. The van der Waals surface area contributed by atoms with E-state index < -0.39 is 0 Å². The highest BCUT2D eigenvalue weighted by atomic mass is 15.3. The van der Waals surface area contributed by atoms with Gasteiger partial charge in [0.05, 0.1) is 0 Å². The molecule has 0 saturated carbocycles. The van der Waals surface area contributed by atoms with Gasteiger partial charge in [-0.15, -0.1) is 0 Å². The highest BCUT2D eigenvalue weighted by molar-refractivity contribution is 5.45. The molecule has 2 aliphatic rings. The third kappa shape index (κ3) is 3.67. The van der Waals surface area contributed by atoms with Crippen molar-refractivity contribution >= 4 is 11.6 Å². The molecule has 4 rings (SSSR count). The van der Waals surface area contributed by atoms with Crippen LogP contribution in [-0.4, -0.2) is 41.1 Å². The van der Waals surface area contributed by atoms with Crippen LogP contribution in [0.5, 0.6) is 0 Å². The third-order valence-electron chi connectivity index (χ3n) is 6.17. The van der Waals surface area contributed by atoms with E-state index in [1.165, 1.54) is 37.1 Å². The molecule has 0 N–H and O–H groups in total. The molecule has 2 fully saturated rings. The van der Waals surface area contributed by atoms with Gasteiger partial charge in [0.25, 0.3) is 0 Å². The summed E-state index contributed by atoms with van der Waals surface area (Å²) in [5.41, 5.74) is 3.00. The van der Waals surface area contributed by atoms with Crippen LogP contribution < -0.4 is 9.80 Å². The fourth-order valence-electron chi connectivity index (χ4n) is 4.41. The summed E-state index contributed by atoms with van der Waals surface area (Å²) in [6.45, 7) is 6.69. The topological polar surface area (TPSA) is 45.2 Å². The van der Waals surface area contributed by atoms with Gasteiger partial charge in [-0.3, -0.25) is 4.98 Å². The Morgan fingerprint density at radius 1 is 0.885 bits per heavy atom. The first-order chi connectivity index (χ1) is 12.8. The van der Waals surface area contributed by atoms with E-state index in [0.29, 0.717) is 5.41 Å². The number of hydrogen-bond donors (Lipinski definition) is 0. The summed E-state index contributed by atoms with van der Waals surface area (Å²) in [6, 6.07) is 6.30. The summed E-state index contributed by atoms with van der Waals surface area (Å²) < 4.78 is 0. The van der Waals surface area contributed by atoms with Crippen LogP contribution in [0.1, 0.15) is 44.7 Å². The molecule has 138 valence electrons. The fourth-order valence-corrected chi connectivity index (χ4v) is 4.41. The Morgan fingerprint density at radius 2 is 1.54 bits per heavy atom. The van der Waals surface area contributed by atoms with Crippen molar-refractivity contribution in [1.82, 2.24) is 15.0 Å². The Hall–Kier alpha value is -2.17. The van der Waals surface area contributed by atoms with E-state index >= 15 is 0 Å². The van der Waals surface area contributed by atoms with Crippen LogP contribution in [0.25, 0.3) is 0 Å². The van der Waals surface area contributed by atoms with Gasteiger partial charge in [-0.2, -0.15) is 0 Å². The lowest BCUT2D eigenvalue weighted by Gasteiger charge is -2.47. The Kier molecular flexibility index (Phi) is 5.05. The SMILES string of the molecule is CCCc1ccnc(N2CCC3(CCN(c4ccncc4)CC3)CC2)n1. The maximum Gasteiger partial charge on any atom is 0.225 e. The smallest absolute Gasteiger partial charge is 0.225 e. The molecule has 2 saturated heterocycles. The van der Waals surface area contributed by atoms with Crippen molar-refractivity contribution in [3.05, 3.63) is 42.5 Å². The summed E-state index contributed by atoms with van der Waals surface area (Å²) >= 11 is 0. The number of anilines is 2. The van der Waals surface area contributed by atoms with E-state index in [4.69, 9.17) is 4.98 Å². The van der Waals surface area contributed by atoms with Gasteiger partial charge in [-0.05, 0) is 55.7 Å². The van der Waals surface area contributed by atoms with Gasteiger partial charge in [0.15, 0.2) is 0 Å². The van der Waals surface area contributed by atoms with Crippen LogP contribution in [0.2, 0.25) is 0 Å². The van der Waals surface area contributed by atoms with Crippen molar-refractivity contribution in [2.45, 2.75) is 45.4 Å². The van der Waals surface area contributed by atoms with Gasteiger partial charge in [-0.1, -0.05) is 13.3 Å². The summed E-state index contributed by atoms with van der Waals surface area (Å²) in [4.78, 5) is 18.3. The molecule has 0 atom stereocenters. The molecule has 0 amide bonds. The average molecular weight is 351 g/mol. The number of piperidine rings is 2. The first kappa shape index (κ1) is 17.3. The van der Waals surface area contributed by atoms with Crippen molar-refractivity contribution in [3.8, 4) is 0 Å².